The smallest absolute Gasteiger partial charge is 0.0586 e. The molecular weight excluding hydrogens is 257 g/mol. The molecule has 1 N–H and O–H groups in total. The van der Waals surface area contributed by atoms with Gasteiger partial charge in [0.15, 0.2) is 0 Å². The quantitative estimate of drug-likeness (QED) is 0.913. The molecule has 0 bridgehead atoms. The van der Waals surface area contributed by atoms with Crippen molar-refractivity contribution in [1.82, 2.24) is 4.90 Å². The lowest BCUT2D eigenvalue weighted by atomic mass is 10.0. The SMILES string of the molecule is OCC1CCCCN1Cc1ccc(Cl)cc1Cl. The number of aliphatic hydroxyl groups excluding tert-OH is 1. The molecule has 1 atom stereocenters. The lowest BCUT2D eigenvalue weighted by Crippen LogP contribution is -2.41. The normalized spacial score (nSPS) is 21.7. The van der Waals surface area contributed by atoms with Gasteiger partial charge >= 0.3 is 0 Å². The standard InChI is InChI=1S/C13H17Cl2NO/c14-11-5-4-10(13(15)7-11)8-16-6-2-1-3-12(16)9-17/h4-5,7,12,17H,1-3,6,8-9H2. The van der Waals surface area contributed by atoms with Crippen LogP contribution >= 0.6 is 23.2 Å². The summed E-state index contributed by atoms with van der Waals surface area (Å²) in [6, 6.07) is 5.88. The molecule has 0 aromatic heterocycles. The first kappa shape index (κ1) is 13.2. The number of likely N-dealkylation sites (tertiary alicyclic amines) is 1. The number of rotatable bonds is 3. The van der Waals surface area contributed by atoms with Crippen molar-refractivity contribution >= 4 is 23.2 Å². The van der Waals surface area contributed by atoms with Gasteiger partial charge in [0.1, 0.15) is 0 Å². The largest absolute Gasteiger partial charge is 0.395 e. The van der Waals surface area contributed by atoms with Gasteiger partial charge in [-0.15, -0.1) is 0 Å². The van der Waals surface area contributed by atoms with E-state index in [1.165, 1.54) is 12.8 Å². The lowest BCUT2D eigenvalue weighted by molar-refractivity contribution is 0.0841. The fourth-order valence-corrected chi connectivity index (χ4v) is 2.81. The summed E-state index contributed by atoms with van der Waals surface area (Å²) in [5.74, 6) is 0. The second-order valence-electron chi connectivity index (χ2n) is 4.54. The monoisotopic (exact) mass is 273 g/mol. The molecule has 0 amide bonds. The van der Waals surface area contributed by atoms with Crippen LogP contribution in [0.1, 0.15) is 24.8 Å². The molecule has 0 aliphatic carbocycles. The summed E-state index contributed by atoms with van der Waals surface area (Å²) in [7, 11) is 0. The fraction of sp³-hybridized carbons (Fsp3) is 0.538. The molecule has 0 saturated carbocycles. The first-order chi connectivity index (χ1) is 8.20. The average molecular weight is 274 g/mol. The summed E-state index contributed by atoms with van der Waals surface area (Å²) in [5.41, 5.74) is 1.08. The predicted molar refractivity (Wildman–Crippen MR) is 71.6 cm³/mol. The van der Waals surface area contributed by atoms with Crippen LogP contribution in [0.25, 0.3) is 0 Å². The van der Waals surface area contributed by atoms with Crippen LogP contribution in [0, 0.1) is 0 Å². The van der Waals surface area contributed by atoms with Crippen LogP contribution in [0.3, 0.4) is 0 Å². The van der Waals surface area contributed by atoms with E-state index < -0.39 is 0 Å². The van der Waals surface area contributed by atoms with E-state index in [-0.39, 0.29) is 12.6 Å². The molecule has 1 fully saturated rings. The maximum Gasteiger partial charge on any atom is 0.0586 e. The number of hydrogen-bond acceptors (Lipinski definition) is 2. The fourth-order valence-electron chi connectivity index (χ4n) is 2.34. The Bertz CT molecular complexity index is 384. The van der Waals surface area contributed by atoms with Gasteiger partial charge in [0.05, 0.1) is 6.61 Å². The minimum absolute atomic E-state index is 0.227. The minimum Gasteiger partial charge on any atom is -0.395 e. The highest BCUT2D eigenvalue weighted by atomic mass is 35.5. The Hall–Kier alpha value is -0.280. The molecule has 1 aliphatic heterocycles. The van der Waals surface area contributed by atoms with Gasteiger partial charge in [-0.1, -0.05) is 35.7 Å². The van der Waals surface area contributed by atoms with Crippen molar-refractivity contribution in [2.24, 2.45) is 0 Å². The van der Waals surface area contributed by atoms with Crippen molar-refractivity contribution < 1.29 is 5.11 Å². The van der Waals surface area contributed by atoms with Crippen molar-refractivity contribution in [2.75, 3.05) is 13.2 Å². The highest BCUT2D eigenvalue weighted by Crippen LogP contribution is 2.25. The van der Waals surface area contributed by atoms with E-state index in [9.17, 15) is 5.11 Å². The molecule has 1 saturated heterocycles. The maximum absolute atomic E-state index is 9.36. The van der Waals surface area contributed by atoms with Crippen LogP contribution in [0.15, 0.2) is 18.2 Å². The van der Waals surface area contributed by atoms with Crippen molar-refractivity contribution in [3.63, 3.8) is 0 Å². The summed E-state index contributed by atoms with van der Waals surface area (Å²) in [6.45, 7) is 2.05. The number of nitrogens with zero attached hydrogens (tertiary/aromatic N) is 1. The van der Waals surface area contributed by atoms with Gasteiger partial charge in [0, 0.05) is 22.6 Å². The topological polar surface area (TPSA) is 23.5 Å². The Morgan fingerprint density at radius 2 is 2.12 bits per heavy atom. The van der Waals surface area contributed by atoms with E-state index in [4.69, 9.17) is 23.2 Å². The molecule has 1 unspecified atom stereocenters. The molecule has 2 nitrogen and oxygen atoms in total. The zero-order valence-electron chi connectivity index (χ0n) is 9.70. The molecule has 0 spiro atoms. The molecule has 94 valence electrons. The summed E-state index contributed by atoms with van der Waals surface area (Å²) in [5, 5.41) is 10.7. The van der Waals surface area contributed by atoms with E-state index in [0.29, 0.717) is 10.0 Å². The molecule has 0 radical (unpaired) electrons. The van der Waals surface area contributed by atoms with E-state index in [1.807, 2.05) is 12.1 Å². The number of piperidine rings is 1. The summed E-state index contributed by atoms with van der Waals surface area (Å²) in [6.07, 6.45) is 3.47. The number of benzene rings is 1. The Balaban J connectivity index is 2.08. The van der Waals surface area contributed by atoms with Gasteiger partial charge in [-0.2, -0.15) is 0 Å². The summed E-state index contributed by atoms with van der Waals surface area (Å²) < 4.78 is 0. The third-order valence-corrected chi connectivity index (χ3v) is 3.94. The number of hydrogen-bond donors (Lipinski definition) is 1. The van der Waals surface area contributed by atoms with Crippen LogP contribution in [-0.2, 0) is 6.54 Å². The van der Waals surface area contributed by atoms with Gasteiger partial charge in [-0.05, 0) is 37.1 Å². The van der Waals surface area contributed by atoms with Gasteiger partial charge in [-0.3, -0.25) is 4.90 Å². The number of halogens is 2. The van der Waals surface area contributed by atoms with Crippen molar-refractivity contribution in [1.29, 1.82) is 0 Å². The molecule has 1 heterocycles. The van der Waals surface area contributed by atoms with E-state index in [0.717, 1.165) is 25.1 Å². The third kappa shape index (κ3) is 3.35. The Kier molecular flexibility index (Phi) is 4.69. The first-order valence-electron chi connectivity index (χ1n) is 5.99. The molecule has 2 rings (SSSR count). The Labute approximate surface area is 112 Å². The number of aliphatic hydroxyl groups is 1. The van der Waals surface area contributed by atoms with Crippen LogP contribution in [0.2, 0.25) is 10.0 Å². The minimum atomic E-state index is 0.227. The second kappa shape index (κ2) is 6.05. The van der Waals surface area contributed by atoms with Gasteiger partial charge in [0.25, 0.3) is 0 Å². The maximum atomic E-state index is 9.36. The zero-order chi connectivity index (χ0) is 12.3. The second-order valence-corrected chi connectivity index (χ2v) is 5.38. The molecular formula is C13H17Cl2NO. The zero-order valence-corrected chi connectivity index (χ0v) is 11.2. The van der Waals surface area contributed by atoms with E-state index >= 15 is 0 Å². The highest BCUT2D eigenvalue weighted by Gasteiger charge is 2.22. The van der Waals surface area contributed by atoms with Gasteiger partial charge in [0.2, 0.25) is 0 Å². The van der Waals surface area contributed by atoms with Crippen LogP contribution in [0.4, 0.5) is 0 Å². The average Bonchev–Trinajstić information content (AvgIpc) is 2.33. The van der Waals surface area contributed by atoms with Crippen molar-refractivity contribution in [3.8, 4) is 0 Å². The van der Waals surface area contributed by atoms with Gasteiger partial charge in [-0.25, -0.2) is 0 Å². The molecule has 17 heavy (non-hydrogen) atoms. The lowest BCUT2D eigenvalue weighted by Gasteiger charge is -2.34. The van der Waals surface area contributed by atoms with Gasteiger partial charge < -0.3 is 5.11 Å². The third-order valence-electron chi connectivity index (χ3n) is 3.35. The highest BCUT2D eigenvalue weighted by molar-refractivity contribution is 6.35. The van der Waals surface area contributed by atoms with Crippen LogP contribution in [0.5, 0.6) is 0 Å². The summed E-state index contributed by atoms with van der Waals surface area (Å²) in [4.78, 5) is 2.30. The van der Waals surface area contributed by atoms with E-state index in [2.05, 4.69) is 4.90 Å². The predicted octanol–water partition coefficient (Wildman–Crippen LogP) is 3.34. The molecule has 4 heteroatoms. The molecule has 1 aliphatic rings. The molecule has 1 aromatic carbocycles. The first-order valence-corrected chi connectivity index (χ1v) is 6.75. The van der Waals surface area contributed by atoms with Crippen LogP contribution < -0.4 is 0 Å². The summed E-state index contributed by atoms with van der Waals surface area (Å²) >= 11 is 12.0. The Morgan fingerprint density at radius 1 is 1.29 bits per heavy atom. The van der Waals surface area contributed by atoms with Crippen LogP contribution in [-0.4, -0.2) is 29.2 Å². The van der Waals surface area contributed by atoms with E-state index in [1.54, 1.807) is 6.07 Å². The molecule has 1 aromatic rings. The Morgan fingerprint density at radius 3 is 2.82 bits per heavy atom. The van der Waals surface area contributed by atoms with Crippen molar-refractivity contribution in [3.05, 3.63) is 33.8 Å². The van der Waals surface area contributed by atoms with Crippen molar-refractivity contribution in [2.45, 2.75) is 31.8 Å².